The molecule has 2 aromatic rings. The molecule has 2 aromatic carbocycles. The Morgan fingerprint density at radius 3 is 2.41 bits per heavy atom. The molecule has 34 heavy (non-hydrogen) atoms. The van der Waals surface area contributed by atoms with Crippen LogP contribution in [0.2, 0.25) is 5.02 Å². The Morgan fingerprint density at radius 2 is 1.76 bits per heavy atom. The Balaban J connectivity index is 1.62. The monoisotopic (exact) mass is 502 g/mol. The second-order valence-corrected chi connectivity index (χ2v) is 9.02. The fourth-order valence-corrected chi connectivity index (χ4v) is 4.63. The normalized spacial score (nSPS) is 28.9. The van der Waals surface area contributed by atoms with Gasteiger partial charge in [0.2, 0.25) is 5.79 Å². The van der Waals surface area contributed by atoms with E-state index in [0.29, 0.717) is 22.6 Å². The van der Waals surface area contributed by atoms with E-state index in [0.717, 1.165) is 17.5 Å². The van der Waals surface area contributed by atoms with Gasteiger partial charge in [0.15, 0.2) is 0 Å². The highest BCUT2D eigenvalue weighted by Gasteiger charge is 2.58. The van der Waals surface area contributed by atoms with Gasteiger partial charge in [-0.2, -0.15) is 13.2 Å². The maximum atomic E-state index is 12.5. The van der Waals surface area contributed by atoms with Crippen LogP contribution in [0.15, 0.2) is 36.4 Å². The first-order valence-electron chi connectivity index (χ1n) is 10.9. The second kappa shape index (κ2) is 9.73. The lowest BCUT2D eigenvalue weighted by Gasteiger charge is -2.46. The van der Waals surface area contributed by atoms with E-state index in [2.05, 4.69) is 11.7 Å². The van der Waals surface area contributed by atoms with E-state index < -0.39 is 49.6 Å². The van der Waals surface area contributed by atoms with Crippen LogP contribution in [0.1, 0.15) is 34.7 Å². The third-order valence-electron chi connectivity index (χ3n) is 6.23. The third kappa shape index (κ3) is 4.97. The number of aliphatic hydroxyl groups is 3. The molecule has 0 bridgehead atoms. The SMILES string of the molecule is CCc1ccc(Cc2cc3c(cc2Cl)CO[C@]32OC(COCC(F)(F)F)[C@@H](O)[C@H](O)[C@H]2O)cc1. The van der Waals surface area contributed by atoms with E-state index in [1.807, 2.05) is 24.3 Å². The van der Waals surface area contributed by atoms with Gasteiger partial charge < -0.3 is 29.5 Å². The molecule has 0 amide bonds. The summed E-state index contributed by atoms with van der Waals surface area (Å²) in [4.78, 5) is 0. The molecule has 0 saturated carbocycles. The number of alkyl halides is 3. The molecular formula is C24H26ClF3O6. The molecule has 10 heteroatoms. The number of aryl methyl sites for hydroxylation is 1. The lowest BCUT2D eigenvalue weighted by Crippen LogP contribution is -2.63. The Morgan fingerprint density at radius 1 is 1.09 bits per heavy atom. The van der Waals surface area contributed by atoms with E-state index in [4.69, 9.17) is 21.1 Å². The first-order chi connectivity index (χ1) is 16.0. The van der Waals surface area contributed by atoms with Crippen molar-refractivity contribution < 1.29 is 42.7 Å². The lowest BCUT2D eigenvalue weighted by atomic mass is 9.86. The van der Waals surface area contributed by atoms with Crippen molar-refractivity contribution in [1.29, 1.82) is 0 Å². The number of ether oxygens (including phenoxy) is 3. The number of aliphatic hydroxyl groups excluding tert-OH is 3. The van der Waals surface area contributed by atoms with Gasteiger partial charge in [0, 0.05) is 10.6 Å². The van der Waals surface area contributed by atoms with E-state index in [-0.39, 0.29) is 6.61 Å². The summed E-state index contributed by atoms with van der Waals surface area (Å²) in [6.45, 7) is -0.140. The number of hydrogen-bond acceptors (Lipinski definition) is 6. The number of halogens is 4. The number of hydrogen-bond donors (Lipinski definition) is 3. The summed E-state index contributed by atoms with van der Waals surface area (Å²) >= 11 is 6.50. The van der Waals surface area contributed by atoms with Gasteiger partial charge in [-0.1, -0.05) is 42.8 Å². The van der Waals surface area contributed by atoms with Crippen molar-refractivity contribution in [3.05, 3.63) is 69.2 Å². The minimum Gasteiger partial charge on any atom is -0.387 e. The van der Waals surface area contributed by atoms with E-state index >= 15 is 0 Å². The largest absolute Gasteiger partial charge is 0.411 e. The predicted molar refractivity (Wildman–Crippen MR) is 116 cm³/mol. The molecule has 2 aliphatic heterocycles. The van der Waals surface area contributed by atoms with Crippen molar-refractivity contribution in [2.75, 3.05) is 13.2 Å². The van der Waals surface area contributed by atoms with Gasteiger partial charge in [-0.3, -0.25) is 0 Å². The van der Waals surface area contributed by atoms with Gasteiger partial charge in [-0.15, -0.1) is 0 Å². The molecule has 2 aliphatic rings. The molecule has 4 rings (SSSR count). The molecule has 1 unspecified atom stereocenters. The van der Waals surface area contributed by atoms with E-state index in [9.17, 15) is 28.5 Å². The highest BCUT2D eigenvalue weighted by atomic mass is 35.5. The van der Waals surface area contributed by atoms with Crippen molar-refractivity contribution >= 4 is 11.6 Å². The van der Waals surface area contributed by atoms with Crippen LogP contribution in [-0.4, -0.2) is 59.1 Å². The predicted octanol–water partition coefficient (Wildman–Crippen LogP) is 3.24. The Bertz CT molecular complexity index is 1020. The van der Waals surface area contributed by atoms with Gasteiger partial charge in [0.05, 0.1) is 13.2 Å². The highest BCUT2D eigenvalue weighted by Crippen LogP contribution is 2.47. The van der Waals surface area contributed by atoms with Gasteiger partial charge in [-0.25, -0.2) is 0 Å². The van der Waals surface area contributed by atoms with Crippen molar-refractivity contribution in [3.8, 4) is 0 Å². The summed E-state index contributed by atoms with van der Waals surface area (Å²) in [7, 11) is 0. The maximum absolute atomic E-state index is 12.5. The second-order valence-electron chi connectivity index (χ2n) is 8.62. The molecule has 5 atom stereocenters. The summed E-state index contributed by atoms with van der Waals surface area (Å²) < 4.78 is 53.7. The smallest absolute Gasteiger partial charge is 0.387 e. The van der Waals surface area contributed by atoms with Crippen LogP contribution in [-0.2, 0) is 39.4 Å². The molecule has 186 valence electrons. The van der Waals surface area contributed by atoms with Crippen LogP contribution in [0.25, 0.3) is 0 Å². The van der Waals surface area contributed by atoms with Crippen LogP contribution >= 0.6 is 11.6 Å². The van der Waals surface area contributed by atoms with Crippen molar-refractivity contribution in [2.24, 2.45) is 0 Å². The first kappa shape index (κ1) is 25.4. The van der Waals surface area contributed by atoms with Crippen molar-refractivity contribution in [3.63, 3.8) is 0 Å². The highest BCUT2D eigenvalue weighted by molar-refractivity contribution is 6.31. The summed E-state index contributed by atoms with van der Waals surface area (Å²) in [6.07, 6.45) is -9.65. The van der Waals surface area contributed by atoms with Crippen LogP contribution in [0.4, 0.5) is 13.2 Å². The minimum atomic E-state index is -4.56. The summed E-state index contributed by atoms with van der Waals surface area (Å²) in [5.41, 5.74) is 3.92. The molecular weight excluding hydrogens is 477 g/mol. The minimum absolute atomic E-state index is 0.00344. The van der Waals surface area contributed by atoms with Gasteiger partial charge in [-0.05, 0) is 47.2 Å². The standard InChI is InChI=1S/C24H26ClF3O6/c1-2-13-3-5-14(6-4-13)7-15-8-17-16(9-18(15)25)10-33-24(17)22(31)21(30)20(29)19(34-24)11-32-12-23(26,27)28/h3-6,8-9,19-22,29-31H,2,7,10-12H2,1H3/t19?,20-,21+,22-,24+/m1/s1. The van der Waals surface area contributed by atoms with Crippen LogP contribution in [0.5, 0.6) is 0 Å². The zero-order valence-electron chi connectivity index (χ0n) is 18.4. The van der Waals surface area contributed by atoms with E-state index in [1.165, 1.54) is 5.56 Å². The van der Waals surface area contributed by atoms with Crippen LogP contribution < -0.4 is 0 Å². The molecule has 6 nitrogen and oxygen atoms in total. The Hall–Kier alpha value is -1.72. The Labute approximate surface area is 199 Å². The third-order valence-corrected chi connectivity index (χ3v) is 6.59. The van der Waals surface area contributed by atoms with E-state index in [1.54, 1.807) is 12.1 Å². The molecule has 1 fully saturated rings. The molecule has 3 N–H and O–H groups in total. The average Bonchev–Trinajstić information content (AvgIpc) is 3.13. The molecule has 2 heterocycles. The summed E-state index contributed by atoms with van der Waals surface area (Å²) in [5.74, 6) is -1.88. The zero-order chi connectivity index (χ0) is 24.7. The molecule has 1 saturated heterocycles. The Kier molecular flexibility index (Phi) is 7.26. The quantitative estimate of drug-likeness (QED) is 0.562. The summed E-state index contributed by atoms with van der Waals surface area (Å²) in [6, 6.07) is 11.4. The van der Waals surface area contributed by atoms with Crippen LogP contribution in [0.3, 0.4) is 0 Å². The van der Waals surface area contributed by atoms with Crippen LogP contribution in [0, 0.1) is 0 Å². The van der Waals surface area contributed by atoms with Crippen molar-refractivity contribution in [1.82, 2.24) is 0 Å². The van der Waals surface area contributed by atoms with Gasteiger partial charge >= 0.3 is 6.18 Å². The number of benzene rings is 2. The fraction of sp³-hybridized carbons (Fsp3) is 0.500. The maximum Gasteiger partial charge on any atom is 0.411 e. The molecule has 0 radical (unpaired) electrons. The molecule has 0 aliphatic carbocycles. The molecule has 0 aromatic heterocycles. The number of fused-ring (bicyclic) bond motifs is 2. The van der Waals surface area contributed by atoms with Gasteiger partial charge in [0.1, 0.15) is 31.0 Å². The average molecular weight is 503 g/mol. The number of rotatable bonds is 6. The lowest BCUT2D eigenvalue weighted by molar-refractivity contribution is -0.370. The fourth-order valence-electron chi connectivity index (χ4n) is 4.38. The molecule has 1 spiro atoms. The van der Waals surface area contributed by atoms with Crippen molar-refractivity contribution in [2.45, 2.75) is 62.8 Å². The van der Waals surface area contributed by atoms with Gasteiger partial charge in [0.25, 0.3) is 0 Å². The first-order valence-corrected chi connectivity index (χ1v) is 11.3. The summed E-state index contributed by atoms with van der Waals surface area (Å²) in [5, 5.41) is 32.1. The zero-order valence-corrected chi connectivity index (χ0v) is 19.1. The topological polar surface area (TPSA) is 88.4 Å².